The van der Waals surface area contributed by atoms with E-state index in [4.69, 9.17) is 5.73 Å². The van der Waals surface area contributed by atoms with Crippen LogP contribution in [-0.2, 0) is 20.8 Å². The molecule has 2 aromatic rings. The number of benzene rings is 1. The van der Waals surface area contributed by atoms with Crippen LogP contribution in [0.2, 0.25) is 0 Å². The van der Waals surface area contributed by atoms with Gasteiger partial charge in [0, 0.05) is 29.9 Å². The number of H-pyrrole nitrogens is 1. The van der Waals surface area contributed by atoms with Crippen molar-refractivity contribution in [3.05, 3.63) is 36.0 Å². The molecule has 0 aliphatic rings. The maximum Gasteiger partial charge on any atom is 0.326 e. The van der Waals surface area contributed by atoms with Crippen molar-refractivity contribution in [2.75, 3.05) is 0 Å². The van der Waals surface area contributed by atoms with E-state index >= 15 is 0 Å². The number of nitrogens with one attached hydrogen (secondary N) is 2. The number of amides is 1. The molecule has 0 aliphatic heterocycles. The van der Waals surface area contributed by atoms with Crippen molar-refractivity contribution in [1.82, 2.24) is 10.3 Å². The van der Waals surface area contributed by atoms with Crippen molar-refractivity contribution < 1.29 is 19.5 Å². The molecule has 0 radical (unpaired) electrons. The summed E-state index contributed by atoms with van der Waals surface area (Å²) in [6, 6.07) is 5.80. The number of para-hydroxylation sites is 1. The van der Waals surface area contributed by atoms with Crippen LogP contribution in [0.4, 0.5) is 0 Å². The normalized spacial score (nSPS) is 13.4. The molecule has 1 aromatic heterocycles. The summed E-state index contributed by atoms with van der Waals surface area (Å²) in [7, 11) is 0. The lowest BCUT2D eigenvalue weighted by molar-refractivity contribution is -0.141. The summed E-state index contributed by atoms with van der Waals surface area (Å²) in [5.41, 5.74) is 7.14. The van der Waals surface area contributed by atoms with Gasteiger partial charge in [0.1, 0.15) is 12.3 Å². The van der Waals surface area contributed by atoms with Gasteiger partial charge in [-0.2, -0.15) is 0 Å². The van der Waals surface area contributed by atoms with Crippen molar-refractivity contribution in [2.24, 2.45) is 5.73 Å². The number of carboxylic acid groups (broad SMARTS) is 1. The molecule has 0 spiro atoms. The highest BCUT2D eigenvalue weighted by molar-refractivity contribution is 5.86. The first-order valence-corrected chi connectivity index (χ1v) is 7.29. The highest BCUT2D eigenvalue weighted by Crippen LogP contribution is 2.19. The number of aldehydes is 1. The molecule has 1 heterocycles. The quantitative estimate of drug-likeness (QED) is 0.530. The lowest BCUT2D eigenvalue weighted by Crippen LogP contribution is -2.42. The summed E-state index contributed by atoms with van der Waals surface area (Å²) in [4.78, 5) is 36.7. The topological polar surface area (TPSA) is 125 Å². The number of hydrogen-bond acceptors (Lipinski definition) is 4. The van der Waals surface area contributed by atoms with Crippen LogP contribution in [0.3, 0.4) is 0 Å². The first kappa shape index (κ1) is 16.7. The maximum atomic E-state index is 11.8. The number of carbonyl (C=O) groups excluding carboxylic acids is 2. The van der Waals surface area contributed by atoms with E-state index in [1.807, 2.05) is 24.3 Å². The Labute approximate surface area is 132 Å². The van der Waals surface area contributed by atoms with Crippen LogP contribution in [0.15, 0.2) is 30.5 Å². The fourth-order valence-electron chi connectivity index (χ4n) is 2.35. The van der Waals surface area contributed by atoms with Crippen LogP contribution in [0, 0.1) is 0 Å². The summed E-state index contributed by atoms with van der Waals surface area (Å²) in [6.45, 7) is 0. The highest BCUT2D eigenvalue weighted by atomic mass is 16.4. The van der Waals surface area contributed by atoms with Gasteiger partial charge in [0.25, 0.3) is 0 Å². The molecule has 1 unspecified atom stereocenters. The van der Waals surface area contributed by atoms with Crippen LogP contribution in [0.5, 0.6) is 0 Å². The largest absolute Gasteiger partial charge is 0.480 e. The molecular formula is C16H19N3O4. The van der Waals surface area contributed by atoms with Crippen LogP contribution >= 0.6 is 0 Å². The number of carbonyl (C=O) groups is 3. The Kier molecular flexibility index (Phi) is 5.48. The second kappa shape index (κ2) is 7.55. The summed E-state index contributed by atoms with van der Waals surface area (Å²) in [5, 5.41) is 12.7. The molecule has 1 amide bonds. The van der Waals surface area contributed by atoms with Gasteiger partial charge in [-0.25, -0.2) is 4.79 Å². The Morgan fingerprint density at radius 3 is 2.78 bits per heavy atom. The van der Waals surface area contributed by atoms with Gasteiger partial charge in [0.05, 0.1) is 6.04 Å². The Bertz CT molecular complexity index is 710. The number of rotatable bonds is 8. The van der Waals surface area contributed by atoms with E-state index in [1.54, 1.807) is 6.20 Å². The van der Waals surface area contributed by atoms with Crippen LogP contribution < -0.4 is 11.1 Å². The summed E-state index contributed by atoms with van der Waals surface area (Å²) >= 11 is 0. The number of aromatic nitrogens is 1. The minimum Gasteiger partial charge on any atom is -0.480 e. The predicted molar refractivity (Wildman–Crippen MR) is 84.8 cm³/mol. The van der Waals surface area contributed by atoms with Crippen molar-refractivity contribution in [1.29, 1.82) is 0 Å². The number of fused-ring (bicyclic) bond motifs is 1. The first-order valence-electron chi connectivity index (χ1n) is 7.29. The first-order chi connectivity index (χ1) is 11.0. The molecule has 0 bridgehead atoms. The third-order valence-corrected chi connectivity index (χ3v) is 3.61. The number of nitrogens with two attached hydrogens (primary N) is 1. The molecular weight excluding hydrogens is 298 g/mol. The van der Waals surface area contributed by atoms with E-state index in [0.29, 0.717) is 6.29 Å². The van der Waals surface area contributed by atoms with Crippen LogP contribution in [0.25, 0.3) is 10.9 Å². The standard InChI is InChI=1S/C16H19N3O4/c17-11(9-20)5-6-15(21)19-14(16(22)23)7-10-8-18-13-4-2-1-3-12(10)13/h1-4,8-9,11,14,18H,5-7,17H2,(H,19,21)(H,22,23)/t11?,14-/m1/s1. The molecule has 1 aromatic carbocycles. The molecule has 0 saturated heterocycles. The van der Waals surface area contributed by atoms with Crippen LogP contribution in [0.1, 0.15) is 18.4 Å². The zero-order valence-corrected chi connectivity index (χ0v) is 12.5. The fraction of sp³-hybridized carbons (Fsp3) is 0.312. The van der Waals surface area contributed by atoms with Gasteiger partial charge in [0.2, 0.25) is 5.91 Å². The molecule has 0 fully saturated rings. The zero-order valence-electron chi connectivity index (χ0n) is 12.5. The summed E-state index contributed by atoms with van der Waals surface area (Å²) in [5.74, 6) is -1.54. The van der Waals surface area contributed by atoms with Crippen LogP contribution in [-0.4, -0.2) is 40.3 Å². The monoisotopic (exact) mass is 317 g/mol. The molecule has 0 saturated carbocycles. The SMILES string of the molecule is NC(C=O)CCC(=O)N[C@H](Cc1c[nH]c2ccccc12)C(=O)O. The zero-order chi connectivity index (χ0) is 16.8. The maximum absolute atomic E-state index is 11.8. The molecule has 23 heavy (non-hydrogen) atoms. The highest BCUT2D eigenvalue weighted by Gasteiger charge is 2.22. The third-order valence-electron chi connectivity index (χ3n) is 3.61. The predicted octanol–water partition coefficient (Wildman–Crippen LogP) is 0.586. The third kappa shape index (κ3) is 4.40. The van der Waals surface area contributed by atoms with Gasteiger partial charge in [-0.15, -0.1) is 0 Å². The van der Waals surface area contributed by atoms with E-state index in [1.165, 1.54) is 0 Å². The van der Waals surface area contributed by atoms with E-state index in [-0.39, 0.29) is 19.3 Å². The molecule has 122 valence electrons. The smallest absolute Gasteiger partial charge is 0.326 e. The van der Waals surface area contributed by atoms with E-state index < -0.39 is 24.0 Å². The summed E-state index contributed by atoms with van der Waals surface area (Å²) < 4.78 is 0. The number of aliphatic carboxylic acids is 1. The average Bonchev–Trinajstić information content (AvgIpc) is 2.95. The molecule has 0 aliphatic carbocycles. The van der Waals surface area contributed by atoms with Gasteiger partial charge >= 0.3 is 5.97 Å². The molecule has 2 rings (SSSR count). The molecule has 7 heteroatoms. The number of carboxylic acids is 1. The lowest BCUT2D eigenvalue weighted by atomic mass is 10.0. The Morgan fingerprint density at radius 1 is 1.35 bits per heavy atom. The molecule has 5 N–H and O–H groups in total. The Hall–Kier alpha value is -2.67. The van der Waals surface area contributed by atoms with Crippen molar-refractivity contribution in [2.45, 2.75) is 31.3 Å². The fourth-order valence-corrected chi connectivity index (χ4v) is 2.35. The van der Waals surface area contributed by atoms with Gasteiger partial charge in [-0.3, -0.25) is 4.79 Å². The minimum absolute atomic E-state index is 0.0115. The number of aromatic amines is 1. The van der Waals surface area contributed by atoms with Crippen molar-refractivity contribution in [3.63, 3.8) is 0 Å². The van der Waals surface area contributed by atoms with Gasteiger partial charge in [-0.1, -0.05) is 18.2 Å². The average molecular weight is 317 g/mol. The lowest BCUT2D eigenvalue weighted by Gasteiger charge is -2.14. The van der Waals surface area contributed by atoms with E-state index in [0.717, 1.165) is 16.5 Å². The van der Waals surface area contributed by atoms with Crippen molar-refractivity contribution >= 4 is 29.1 Å². The second-order valence-electron chi connectivity index (χ2n) is 5.36. The summed E-state index contributed by atoms with van der Waals surface area (Å²) in [6.07, 6.45) is 2.68. The van der Waals surface area contributed by atoms with E-state index in [9.17, 15) is 19.5 Å². The minimum atomic E-state index is -1.11. The second-order valence-corrected chi connectivity index (χ2v) is 5.36. The van der Waals surface area contributed by atoms with Gasteiger partial charge in [0.15, 0.2) is 0 Å². The van der Waals surface area contributed by atoms with Gasteiger partial charge in [-0.05, 0) is 18.1 Å². The van der Waals surface area contributed by atoms with E-state index in [2.05, 4.69) is 10.3 Å². The Morgan fingerprint density at radius 2 is 2.09 bits per heavy atom. The van der Waals surface area contributed by atoms with Crippen molar-refractivity contribution in [3.8, 4) is 0 Å². The number of hydrogen-bond donors (Lipinski definition) is 4. The van der Waals surface area contributed by atoms with Gasteiger partial charge < -0.3 is 25.9 Å². The molecule has 2 atom stereocenters. The molecule has 7 nitrogen and oxygen atoms in total. The Balaban J connectivity index is 2.03.